The molecule has 1 aromatic carbocycles. The van der Waals surface area contributed by atoms with Crippen molar-refractivity contribution in [1.82, 2.24) is 9.55 Å². The molecule has 1 atom stereocenters. The lowest BCUT2D eigenvalue weighted by Gasteiger charge is -2.05. The van der Waals surface area contributed by atoms with Gasteiger partial charge in [0.1, 0.15) is 11.6 Å². The molecule has 0 bridgehead atoms. The number of hydrogen-bond acceptors (Lipinski definition) is 3. The van der Waals surface area contributed by atoms with Crippen molar-refractivity contribution in [3.8, 4) is 0 Å². The zero-order valence-corrected chi connectivity index (χ0v) is 11.8. The van der Waals surface area contributed by atoms with Gasteiger partial charge in [0.15, 0.2) is 0 Å². The van der Waals surface area contributed by atoms with E-state index < -0.39 is 0 Å². The predicted octanol–water partition coefficient (Wildman–Crippen LogP) is 2.97. The maximum Gasteiger partial charge on any atom is 0.110 e. The van der Waals surface area contributed by atoms with Gasteiger partial charge in [0.2, 0.25) is 0 Å². The van der Waals surface area contributed by atoms with Crippen molar-refractivity contribution in [2.45, 2.75) is 25.8 Å². The molecule has 2 N–H and O–H groups in total. The minimum Gasteiger partial charge on any atom is -0.469 e. The second kappa shape index (κ2) is 5.13. The van der Waals surface area contributed by atoms with Crippen LogP contribution in [0.3, 0.4) is 0 Å². The first-order valence-corrected chi connectivity index (χ1v) is 6.88. The van der Waals surface area contributed by atoms with Gasteiger partial charge < -0.3 is 14.7 Å². The van der Waals surface area contributed by atoms with Crippen molar-refractivity contribution in [3.05, 3.63) is 53.7 Å². The van der Waals surface area contributed by atoms with Crippen LogP contribution >= 0.6 is 0 Å². The van der Waals surface area contributed by atoms with Crippen LogP contribution in [0.15, 0.2) is 41.0 Å². The minimum absolute atomic E-state index is 0.0352. The number of nitrogens with zero attached hydrogens (tertiary/aromatic N) is 2. The molecule has 0 amide bonds. The van der Waals surface area contributed by atoms with Gasteiger partial charge in [-0.2, -0.15) is 0 Å². The molecule has 0 aliphatic rings. The van der Waals surface area contributed by atoms with Gasteiger partial charge in [-0.3, -0.25) is 0 Å². The van der Waals surface area contributed by atoms with E-state index in [2.05, 4.69) is 29.8 Å². The molecule has 20 heavy (non-hydrogen) atoms. The predicted molar refractivity (Wildman–Crippen MR) is 79.4 cm³/mol. The van der Waals surface area contributed by atoms with Gasteiger partial charge in [-0.15, -0.1) is 0 Å². The van der Waals surface area contributed by atoms with Crippen LogP contribution in [0.2, 0.25) is 0 Å². The van der Waals surface area contributed by atoms with E-state index in [9.17, 15) is 0 Å². The van der Waals surface area contributed by atoms with Crippen molar-refractivity contribution < 1.29 is 4.42 Å². The van der Waals surface area contributed by atoms with E-state index in [1.807, 2.05) is 19.1 Å². The number of nitrogens with two attached hydrogens (primary N) is 1. The molecule has 0 fully saturated rings. The molecule has 0 aliphatic heterocycles. The molecule has 0 aliphatic carbocycles. The van der Waals surface area contributed by atoms with Gasteiger partial charge in [0, 0.05) is 25.9 Å². The molecule has 1 unspecified atom stereocenters. The molecule has 4 heteroatoms. The number of aryl methyl sites for hydroxylation is 3. The van der Waals surface area contributed by atoms with Crippen molar-refractivity contribution in [1.29, 1.82) is 0 Å². The summed E-state index contributed by atoms with van der Waals surface area (Å²) >= 11 is 0. The lowest BCUT2D eigenvalue weighted by molar-refractivity contribution is 0.505. The topological polar surface area (TPSA) is 57.0 Å². The Morgan fingerprint density at radius 3 is 2.85 bits per heavy atom. The van der Waals surface area contributed by atoms with Gasteiger partial charge >= 0.3 is 0 Å². The number of aromatic nitrogens is 2. The summed E-state index contributed by atoms with van der Waals surface area (Å²) in [4.78, 5) is 4.72. The molecule has 0 saturated heterocycles. The van der Waals surface area contributed by atoms with Gasteiger partial charge in [-0.05, 0) is 36.8 Å². The first-order chi connectivity index (χ1) is 9.65. The van der Waals surface area contributed by atoms with E-state index in [-0.39, 0.29) is 6.04 Å². The zero-order valence-electron chi connectivity index (χ0n) is 11.8. The third-order valence-electron chi connectivity index (χ3n) is 3.70. The standard InChI is InChI=1S/C16H19N3O/c1-11(17)12-5-7-15-14(10-12)18-16(19(15)2)8-6-13-4-3-9-20-13/h3-5,7,9-11H,6,8,17H2,1-2H3. The monoisotopic (exact) mass is 269 g/mol. The Morgan fingerprint density at radius 2 is 2.15 bits per heavy atom. The Bertz CT molecular complexity index is 711. The van der Waals surface area contributed by atoms with Crippen LogP contribution in [-0.2, 0) is 19.9 Å². The second-order valence-electron chi connectivity index (χ2n) is 5.20. The van der Waals surface area contributed by atoms with E-state index in [1.54, 1.807) is 6.26 Å². The van der Waals surface area contributed by atoms with Crippen molar-refractivity contribution in [3.63, 3.8) is 0 Å². The number of furan rings is 1. The molecule has 4 nitrogen and oxygen atoms in total. The molecule has 2 aromatic heterocycles. The van der Waals surface area contributed by atoms with Crippen LogP contribution in [0, 0.1) is 0 Å². The normalized spacial score (nSPS) is 12.9. The molecule has 3 rings (SSSR count). The fourth-order valence-electron chi connectivity index (χ4n) is 2.46. The Labute approximate surface area is 118 Å². The van der Waals surface area contributed by atoms with E-state index in [0.717, 1.165) is 41.0 Å². The molecular formula is C16H19N3O. The van der Waals surface area contributed by atoms with Crippen LogP contribution in [-0.4, -0.2) is 9.55 Å². The highest BCUT2D eigenvalue weighted by atomic mass is 16.3. The quantitative estimate of drug-likeness (QED) is 0.792. The van der Waals surface area contributed by atoms with Gasteiger partial charge in [0.25, 0.3) is 0 Å². The lowest BCUT2D eigenvalue weighted by atomic mass is 10.1. The number of imidazole rings is 1. The average molecular weight is 269 g/mol. The summed E-state index contributed by atoms with van der Waals surface area (Å²) < 4.78 is 7.51. The van der Waals surface area contributed by atoms with Gasteiger partial charge in [-0.25, -0.2) is 4.98 Å². The van der Waals surface area contributed by atoms with E-state index in [0.29, 0.717) is 0 Å². The second-order valence-corrected chi connectivity index (χ2v) is 5.20. The molecule has 104 valence electrons. The largest absolute Gasteiger partial charge is 0.469 e. The van der Waals surface area contributed by atoms with Crippen LogP contribution < -0.4 is 5.73 Å². The minimum atomic E-state index is 0.0352. The third-order valence-corrected chi connectivity index (χ3v) is 3.70. The Morgan fingerprint density at radius 1 is 1.30 bits per heavy atom. The van der Waals surface area contributed by atoms with E-state index in [4.69, 9.17) is 15.1 Å². The molecule has 3 aromatic rings. The number of rotatable bonds is 4. The summed E-state index contributed by atoms with van der Waals surface area (Å²) in [5.74, 6) is 2.06. The van der Waals surface area contributed by atoms with Crippen molar-refractivity contribution in [2.24, 2.45) is 12.8 Å². The highest BCUT2D eigenvalue weighted by molar-refractivity contribution is 5.77. The summed E-state index contributed by atoms with van der Waals surface area (Å²) in [5.41, 5.74) is 9.20. The first kappa shape index (κ1) is 12.9. The van der Waals surface area contributed by atoms with Crippen LogP contribution in [0.5, 0.6) is 0 Å². The summed E-state index contributed by atoms with van der Waals surface area (Å²) in [6, 6.07) is 10.2. The Hall–Kier alpha value is -2.07. The molecule has 0 radical (unpaired) electrons. The van der Waals surface area contributed by atoms with Crippen LogP contribution in [0.4, 0.5) is 0 Å². The zero-order chi connectivity index (χ0) is 14.1. The van der Waals surface area contributed by atoms with E-state index in [1.165, 1.54) is 0 Å². The Balaban J connectivity index is 1.89. The fraction of sp³-hybridized carbons (Fsp3) is 0.312. The highest BCUT2D eigenvalue weighted by Gasteiger charge is 2.10. The van der Waals surface area contributed by atoms with Crippen molar-refractivity contribution in [2.75, 3.05) is 0 Å². The fourth-order valence-corrected chi connectivity index (χ4v) is 2.46. The van der Waals surface area contributed by atoms with Crippen LogP contribution in [0.1, 0.15) is 30.1 Å². The highest BCUT2D eigenvalue weighted by Crippen LogP contribution is 2.20. The maximum atomic E-state index is 5.93. The summed E-state index contributed by atoms with van der Waals surface area (Å²) in [5, 5.41) is 0. The average Bonchev–Trinajstić information content (AvgIpc) is 3.04. The lowest BCUT2D eigenvalue weighted by Crippen LogP contribution is -2.04. The summed E-state index contributed by atoms with van der Waals surface area (Å²) in [7, 11) is 2.05. The van der Waals surface area contributed by atoms with Gasteiger partial charge in [-0.1, -0.05) is 6.07 Å². The van der Waals surface area contributed by atoms with Gasteiger partial charge in [0.05, 0.1) is 17.3 Å². The smallest absolute Gasteiger partial charge is 0.110 e. The molecule has 0 saturated carbocycles. The number of benzene rings is 1. The Kier molecular flexibility index (Phi) is 3.32. The summed E-state index contributed by atoms with van der Waals surface area (Å²) in [6.45, 7) is 1.99. The molecule has 0 spiro atoms. The van der Waals surface area contributed by atoms with Crippen LogP contribution in [0.25, 0.3) is 11.0 Å². The summed E-state index contributed by atoms with van der Waals surface area (Å²) in [6.07, 6.45) is 3.44. The van der Waals surface area contributed by atoms with E-state index >= 15 is 0 Å². The first-order valence-electron chi connectivity index (χ1n) is 6.88. The third kappa shape index (κ3) is 2.34. The van der Waals surface area contributed by atoms with Crippen molar-refractivity contribution >= 4 is 11.0 Å². The number of hydrogen-bond donors (Lipinski definition) is 1. The number of fused-ring (bicyclic) bond motifs is 1. The molecular weight excluding hydrogens is 250 g/mol. The maximum absolute atomic E-state index is 5.93. The SMILES string of the molecule is CC(N)c1ccc2c(c1)nc(CCc1ccco1)n2C. The molecule has 2 heterocycles.